The van der Waals surface area contributed by atoms with E-state index in [1.807, 2.05) is 19.1 Å². The largest absolute Gasteiger partial charge is 0.454 e. The average molecular weight is 423 g/mol. The molecular formula is C22H25N5O4. The van der Waals surface area contributed by atoms with Crippen molar-refractivity contribution in [3.63, 3.8) is 0 Å². The molecule has 0 bridgehead atoms. The highest BCUT2D eigenvalue weighted by Crippen LogP contribution is 2.15. The standard InChI is InChI=1S/C22H25N5O4/c1-13-19(14(2)27-22(26-13)24-12-25-27)11-20(29)31-15(3)21(30)18-7-5-17(6-8-18)9-10-23-16(4)28/h5-8,12,15H,9-11H2,1-4H3,(H,23,28)/t15-/m1/s1. The lowest BCUT2D eigenvalue weighted by Gasteiger charge is -2.14. The first-order valence-corrected chi connectivity index (χ1v) is 9.99. The van der Waals surface area contributed by atoms with Gasteiger partial charge in [0.25, 0.3) is 5.78 Å². The Morgan fingerprint density at radius 3 is 2.55 bits per heavy atom. The van der Waals surface area contributed by atoms with Gasteiger partial charge in [-0.15, -0.1) is 0 Å². The number of nitrogens with zero attached hydrogens (tertiary/aromatic N) is 4. The molecule has 1 amide bonds. The van der Waals surface area contributed by atoms with Crippen LogP contribution >= 0.6 is 0 Å². The van der Waals surface area contributed by atoms with Crippen molar-refractivity contribution in [2.24, 2.45) is 0 Å². The van der Waals surface area contributed by atoms with Crippen molar-refractivity contribution in [2.45, 2.75) is 46.6 Å². The van der Waals surface area contributed by atoms with E-state index < -0.39 is 12.1 Å². The number of carbonyl (C=O) groups excluding carboxylic acids is 3. The molecule has 2 heterocycles. The molecule has 0 saturated heterocycles. The summed E-state index contributed by atoms with van der Waals surface area (Å²) in [6.45, 7) is 7.19. The van der Waals surface area contributed by atoms with Crippen molar-refractivity contribution >= 4 is 23.4 Å². The van der Waals surface area contributed by atoms with Crippen LogP contribution in [-0.4, -0.2) is 49.9 Å². The number of ether oxygens (including phenoxy) is 1. The maximum absolute atomic E-state index is 12.7. The molecule has 0 spiro atoms. The van der Waals surface area contributed by atoms with Crippen molar-refractivity contribution in [3.05, 3.63) is 58.7 Å². The van der Waals surface area contributed by atoms with Gasteiger partial charge in [0.05, 0.1) is 6.42 Å². The number of aryl methyl sites for hydroxylation is 2. The summed E-state index contributed by atoms with van der Waals surface area (Å²) in [7, 11) is 0. The van der Waals surface area contributed by atoms with Gasteiger partial charge in [-0.2, -0.15) is 10.1 Å². The van der Waals surface area contributed by atoms with Crippen LogP contribution in [0.1, 0.15) is 46.7 Å². The molecule has 0 fully saturated rings. The summed E-state index contributed by atoms with van der Waals surface area (Å²) < 4.78 is 6.95. The number of Topliss-reactive ketones (excluding diaryl/α,β-unsaturated/α-hetero) is 1. The minimum atomic E-state index is -0.915. The number of nitrogens with one attached hydrogen (secondary N) is 1. The van der Waals surface area contributed by atoms with E-state index in [2.05, 4.69) is 20.4 Å². The van der Waals surface area contributed by atoms with Crippen LogP contribution in [0.15, 0.2) is 30.6 Å². The molecule has 0 aliphatic heterocycles. The van der Waals surface area contributed by atoms with Gasteiger partial charge in [-0.3, -0.25) is 14.4 Å². The Balaban J connectivity index is 1.60. The SMILES string of the molecule is CC(=O)NCCc1ccc(C(=O)[C@@H](C)OC(=O)Cc2c(C)nc3ncnn3c2C)cc1. The lowest BCUT2D eigenvalue weighted by molar-refractivity contribution is -0.145. The number of carbonyl (C=O) groups is 3. The number of fused-ring (bicyclic) bond motifs is 1. The van der Waals surface area contributed by atoms with Gasteiger partial charge >= 0.3 is 5.97 Å². The Bertz CT molecular complexity index is 1120. The van der Waals surface area contributed by atoms with Gasteiger partial charge in [0.1, 0.15) is 6.33 Å². The topological polar surface area (TPSA) is 116 Å². The molecule has 2 aromatic heterocycles. The van der Waals surface area contributed by atoms with Crippen LogP contribution in [0.2, 0.25) is 0 Å². The third-order valence-electron chi connectivity index (χ3n) is 5.01. The van der Waals surface area contributed by atoms with E-state index in [1.54, 1.807) is 30.5 Å². The van der Waals surface area contributed by atoms with Gasteiger partial charge in [-0.25, -0.2) is 9.50 Å². The molecule has 3 rings (SSSR count). The highest BCUT2D eigenvalue weighted by molar-refractivity contribution is 6.00. The maximum Gasteiger partial charge on any atom is 0.311 e. The van der Waals surface area contributed by atoms with Crippen LogP contribution in [0.5, 0.6) is 0 Å². The summed E-state index contributed by atoms with van der Waals surface area (Å²) in [6.07, 6.45) is 1.14. The van der Waals surface area contributed by atoms with E-state index in [1.165, 1.54) is 13.3 Å². The van der Waals surface area contributed by atoms with Gasteiger partial charge in [0.15, 0.2) is 6.10 Å². The maximum atomic E-state index is 12.7. The molecule has 1 N–H and O–H groups in total. The van der Waals surface area contributed by atoms with Gasteiger partial charge in [-0.05, 0) is 32.8 Å². The molecule has 0 unspecified atom stereocenters. The fourth-order valence-corrected chi connectivity index (χ4v) is 3.30. The fourth-order valence-electron chi connectivity index (χ4n) is 3.30. The van der Waals surface area contributed by atoms with Crippen LogP contribution in [0.4, 0.5) is 0 Å². The van der Waals surface area contributed by atoms with Crippen LogP contribution < -0.4 is 5.32 Å². The Kier molecular flexibility index (Phi) is 6.74. The summed E-state index contributed by atoms with van der Waals surface area (Å²) in [5, 5.41) is 6.84. The van der Waals surface area contributed by atoms with Crippen LogP contribution in [0.25, 0.3) is 5.78 Å². The number of aromatic nitrogens is 4. The summed E-state index contributed by atoms with van der Waals surface area (Å²) in [5.41, 5.74) is 3.58. The summed E-state index contributed by atoms with van der Waals surface area (Å²) in [4.78, 5) is 44.5. The van der Waals surface area contributed by atoms with E-state index in [-0.39, 0.29) is 18.1 Å². The van der Waals surface area contributed by atoms with E-state index in [9.17, 15) is 14.4 Å². The first-order valence-electron chi connectivity index (χ1n) is 9.99. The zero-order valence-electron chi connectivity index (χ0n) is 18.0. The van der Waals surface area contributed by atoms with Crippen molar-refractivity contribution in [1.82, 2.24) is 24.9 Å². The molecule has 9 nitrogen and oxygen atoms in total. The predicted molar refractivity (Wildman–Crippen MR) is 113 cm³/mol. The third-order valence-corrected chi connectivity index (χ3v) is 5.01. The predicted octanol–water partition coefficient (Wildman–Crippen LogP) is 1.78. The third kappa shape index (κ3) is 5.30. The van der Waals surface area contributed by atoms with E-state index >= 15 is 0 Å². The zero-order chi connectivity index (χ0) is 22.5. The van der Waals surface area contributed by atoms with Crippen molar-refractivity contribution in [2.75, 3.05) is 6.54 Å². The molecule has 0 aliphatic rings. The number of hydrogen-bond donors (Lipinski definition) is 1. The highest BCUT2D eigenvalue weighted by Gasteiger charge is 2.21. The van der Waals surface area contributed by atoms with Crippen molar-refractivity contribution < 1.29 is 19.1 Å². The van der Waals surface area contributed by atoms with E-state index in [0.717, 1.165) is 11.3 Å². The van der Waals surface area contributed by atoms with Crippen LogP contribution in [-0.2, 0) is 27.2 Å². The van der Waals surface area contributed by atoms with E-state index in [0.29, 0.717) is 35.6 Å². The van der Waals surface area contributed by atoms with Gasteiger partial charge in [0, 0.05) is 36.0 Å². The second kappa shape index (κ2) is 9.46. The molecule has 0 aliphatic carbocycles. The first-order chi connectivity index (χ1) is 14.8. The Hall–Kier alpha value is -3.62. The number of esters is 1. The quantitative estimate of drug-likeness (QED) is 0.434. The number of amides is 1. The average Bonchev–Trinajstić information content (AvgIpc) is 3.19. The first kappa shape index (κ1) is 22.1. The zero-order valence-corrected chi connectivity index (χ0v) is 18.0. The second-order valence-electron chi connectivity index (χ2n) is 7.34. The van der Waals surface area contributed by atoms with Crippen LogP contribution in [0.3, 0.4) is 0 Å². The summed E-state index contributed by atoms with van der Waals surface area (Å²) >= 11 is 0. The lowest BCUT2D eigenvalue weighted by Crippen LogP contribution is -2.26. The molecule has 1 aromatic carbocycles. The Morgan fingerprint density at radius 2 is 1.87 bits per heavy atom. The highest BCUT2D eigenvalue weighted by atomic mass is 16.5. The monoisotopic (exact) mass is 423 g/mol. The van der Waals surface area contributed by atoms with Gasteiger partial charge in [-0.1, -0.05) is 24.3 Å². The second-order valence-corrected chi connectivity index (χ2v) is 7.34. The number of ketones is 1. The number of hydrogen-bond acceptors (Lipinski definition) is 7. The van der Waals surface area contributed by atoms with Gasteiger partial charge in [0.2, 0.25) is 11.7 Å². The molecule has 0 radical (unpaired) electrons. The summed E-state index contributed by atoms with van der Waals surface area (Å²) in [5.74, 6) is -0.402. The molecule has 0 saturated carbocycles. The van der Waals surface area contributed by atoms with Gasteiger partial charge < -0.3 is 10.1 Å². The molecule has 9 heteroatoms. The minimum Gasteiger partial charge on any atom is -0.454 e. The number of rotatable bonds is 8. The van der Waals surface area contributed by atoms with Crippen LogP contribution in [0, 0.1) is 13.8 Å². The molecule has 31 heavy (non-hydrogen) atoms. The van der Waals surface area contributed by atoms with E-state index in [4.69, 9.17) is 4.74 Å². The normalized spacial score (nSPS) is 11.9. The Morgan fingerprint density at radius 1 is 1.16 bits per heavy atom. The lowest BCUT2D eigenvalue weighted by atomic mass is 10.0. The molecule has 3 aromatic rings. The minimum absolute atomic E-state index is 0.0137. The molecule has 162 valence electrons. The smallest absolute Gasteiger partial charge is 0.311 e. The summed E-state index contributed by atoms with van der Waals surface area (Å²) in [6, 6.07) is 7.06. The molecule has 1 atom stereocenters. The molecular weight excluding hydrogens is 398 g/mol. The fraction of sp³-hybridized carbons (Fsp3) is 0.364. The van der Waals surface area contributed by atoms with Crippen molar-refractivity contribution in [3.8, 4) is 0 Å². The Labute approximate surface area is 179 Å². The number of benzene rings is 1. The van der Waals surface area contributed by atoms with Crippen molar-refractivity contribution in [1.29, 1.82) is 0 Å².